The van der Waals surface area contributed by atoms with Gasteiger partial charge in [0.1, 0.15) is 11.3 Å². The molecule has 0 unspecified atom stereocenters. The third-order valence-electron chi connectivity index (χ3n) is 5.46. The average molecular weight is 369 g/mol. The zero-order valence-electron chi connectivity index (χ0n) is 16.1. The number of aromatic nitrogens is 1. The van der Waals surface area contributed by atoms with Gasteiger partial charge in [-0.05, 0) is 26.0 Å². The number of carbonyl (C=O) groups excluding carboxylic acids is 1. The van der Waals surface area contributed by atoms with Gasteiger partial charge >= 0.3 is 0 Å². The number of rotatable bonds is 2. The summed E-state index contributed by atoms with van der Waals surface area (Å²) < 4.78 is 12.0. The first-order valence-electron chi connectivity index (χ1n) is 9.67. The van der Waals surface area contributed by atoms with Gasteiger partial charge in [0.2, 0.25) is 0 Å². The SMILES string of the molecule is CC(C)N1CCOC[C@@]2(CN(C(=O)c3ccc4ccccc4n3)CCO2)C1. The second-order valence-corrected chi connectivity index (χ2v) is 7.76. The van der Waals surface area contributed by atoms with Gasteiger partial charge in [-0.25, -0.2) is 4.98 Å². The first-order chi connectivity index (χ1) is 13.1. The maximum absolute atomic E-state index is 13.1. The molecule has 0 bridgehead atoms. The Morgan fingerprint density at radius 1 is 1.11 bits per heavy atom. The van der Waals surface area contributed by atoms with Crippen LogP contribution in [0.2, 0.25) is 0 Å². The monoisotopic (exact) mass is 369 g/mol. The summed E-state index contributed by atoms with van der Waals surface area (Å²) in [6.07, 6.45) is 0. The van der Waals surface area contributed by atoms with Crippen LogP contribution < -0.4 is 0 Å². The number of morpholine rings is 1. The van der Waals surface area contributed by atoms with Gasteiger partial charge < -0.3 is 14.4 Å². The van der Waals surface area contributed by atoms with Crippen molar-refractivity contribution in [3.8, 4) is 0 Å². The van der Waals surface area contributed by atoms with E-state index in [1.807, 2.05) is 41.3 Å². The molecule has 1 aromatic carbocycles. The van der Waals surface area contributed by atoms with Crippen LogP contribution in [0.5, 0.6) is 0 Å². The second kappa shape index (κ2) is 7.54. The summed E-state index contributed by atoms with van der Waals surface area (Å²) in [5.74, 6) is -0.0382. The quantitative estimate of drug-likeness (QED) is 0.812. The van der Waals surface area contributed by atoms with Crippen LogP contribution in [0.15, 0.2) is 36.4 Å². The Bertz CT molecular complexity index is 825. The fraction of sp³-hybridized carbons (Fsp3) is 0.524. The number of nitrogens with zero attached hydrogens (tertiary/aromatic N) is 3. The van der Waals surface area contributed by atoms with Crippen molar-refractivity contribution < 1.29 is 14.3 Å². The number of pyridine rings is 1. The predicted octanol–water partition coefficient (Wildman–Crippen LogP) is 2.19. The summed E-state index contributed by atoms with van der Waals surface area (Å²) in [4.78, 5) is 21.9. The smallest absolute Gasteiger partial charge is 0.272 e. The largest absolute Gasteiger partial charge is 0.377 e. The first-order valence-corrected chi connectivity index (χ1v) is 9.67. The van der Waals surface area contributed by atoms with Crippen molar-refractivity contribution in [2.75, 3.05) is 46.0 Å². The summed E-state index contributed by atoms with van der Waals surface area (Å²) in [6, 6.07) is 12.1. The van der Waals surface area contributed by atoms with Crippen molar-refractivity contribution in [2.45, 2.75) is 25.5 Å². The zero-order valence-corrected chi connectivity index (χ0v) is 16.1. The van der Waals surface area contributed by atoms with E-state index in [0.29, 0.717) is 44.6 Å². The molecule has 0 N–H and O–H groups in total. The fourth-order valence-corrected chi connectivity index (χ4v) is 3.92. The molecule has 4 rings (SSSR count). The van der Waals surface area contributed by atoms with Gasteiger partial charge in [-0.15, -0.1) is 0 Å². The Labute approximate surface area is 160 Å². The molecule has 0 aliphatic carbocycles. The van der Waals surface area contributed by atoms with Crippen molar-refractivity contribution in [2.24, 2.45) is 0 Å². The number of benzene rings is 1. The molecule has 1 amide bonds. The molecule has 1 spiro atoms. The summed E-state index contributed by atoms with van der Waals surface area (Å²) >= 11 is 0. The Morgan fingerprint density at radius 2 is 1.96 bits per heavy atom. The van der Waals surface area contributed by atoms with E-state index in [9.17, 15) is 4.79 Å². The maximum Gasteiger partial charge on any atom is 0.272 e. The number of amides is 1. The lowest BCUT2D eigenvalue weighted by Crippen LogP contribution is -2.60. The average Bonchev–Trinajstić information content (AvgIpc) is 2.90. The van der Waals surface area contributed by atoms with E-state index in [0.717, 1.165) is 24.0 Å². The lowest BCUT2D eigenvalue weighted by atomic mass is 10.0. The number of hydrogen-bond acceptors (Lipinski definition) is 5. The van der Waals surface area contributed by atoms with Crippen molar-refractivity contribution >= 4 is 16.8 Å². The standard InChI is InChI=1S/C21H27N3O3/c1-16(2)23-9-11-26-15-21(13-23)14-24(10-12-27-21)20(25)19-8-7-17-5-3-4-6-18(17)22-19/h3-8,16H,9-15H2,1-2H3/t21-/m0/s1. The molecule has 6 heteroatoms. The Balaban J connectivity index is 1.55. The van der Waals surface area contributed by atoms with Crippen molar-refractivity contribution in [3.05, 3.63) is 42.1 Å². The van der Waals surface area contributed by atoms with E-state index < -0.39 is 5.60 Å². The van der Waals surface area contributed by atoms with Crippen LogP contribution in [0, 0.1) is 0 Å². The Hall–Kier alpha value is -2.02. The number of carbonyl (C=O) groups is 1. The maximum atomic E-state index is 13.1. The number of hydrogen-bond donors (Lipinski definition) is 0. The highest BCUT2D eigenvalue weighted by atomic mass is 16.5. The molecule has 0 radical (unpaired) electrons. The molecule has 6 nitrogen and oxygen atoms in total. The minimum absolute atomic E-state index is 0.0382. The van der Waals surface area contributed by atoms with Gasteiger partial charge in [-0.1, -0.05) is 24.3 Å². The van der Waals surface area contributed by atoms with Crippen LogP contribution in [0.25, 0.3) is 10.9 Å². The predicted molar refractivity (Wildman–Crippen MR) is 104 cm³/mol. The van der Waals surface area contributed by atoms with E-state index in [2.05, 4.69) is 23.7 Å². The normalized spacial score (nSPS) is 24.5. The third kappa shape index (κ3) is 3.83. The first kappa shape index (κ1) is 18.3. The molecule has 2 aliphatic rings. The van der Waals surface area contributed by atoms with Gasteiger partial charge in [0.25, 0.3) is 5.91 Å². The van der Waals surface area contributed by atoms with E-state index in [-0.39, 0.29) is 5.91 Å². The minimum atomic E-state index is -0.467. The van der Waals surface area contributed by atoms with Gasteiger partial charge in [0.05, 0.1) is 31.9 Å². The van der Waals surface area contributed by atoms with Gasteiger partial charge in [-0.2, -0.15) is 0 Å². The summed E-state index contributed by atoms with van der Waals surface area (Å²) in [5, 5.41) is 1.04. The molecule has 3 heterocycles. The van der Waals surface area contributed by atoms with Crippen molar-refractivity contribution in [1.82, 2.24) is 14.8 Å². The third-order valence-corrected chi connectivity index (χ3v) is 5.46. The summed E-state index contributed by atoms with van der Waals surface area (Å²) in [7, 11) is 0. The van der Waals surface area contributed by atoms with E-state index in [1.54, 1.807) is 0 Å². The molecule has 2 saturated heterocycles. The molecular formula is C21H27N3O3. The van der Waals surface area contributed by atoms with Gasteiger partial charge in [0.15, 0.2) is 0 Å². The topological polar surface area (TPSA) is 54.9 Å². The summed E-state index contributed by atoms with van der Waals surface area (Å²) in [6.45, 7) is 8.89. The van der Waals surface area contributed by atoms with Gasteiger partial charge in [-0.3, -0.25) is 9.69 Å². The molecule has 1 aromatic heterocycles. The van der Waals surface area contributed by atoms with Crippen LogP contribution in [0.3, 0.4) is 0 Å². The number of para-hydroxylation sites is 1. The Morgan fingerprint density at radius 3 is 2.81 bits per heavy atom. The molecule has 1 atom stereocenters. The lowest BCUT2D eigenvalue weighted by molar-refractivity contribution is -0.134. The van der Waals surface area contributed by atoms with Gasteiger partial charge in [0, 0.05) is 31.1 Å². The van der Waals surface area contributed by atoms with Crippen LogP contribution >= 0.6 is 0 Å². The molecule has 0 saturated carbocycles. The highest BCUT2D eigenvalue weighted by Crippen LogP contribution is 2.25. The molecular weight excluding hydrogens is 342 g/mol. The highest BCUT2D eigenvalue weighted by Gasteiger charge is 2.42. The fourth-order valence-electron chi connectivity index (χ4n) is 3.92. The number of ether oxygens (including phenoxy) is 2. The van der Waals surface area contributed by atoms with E-state index >= 15 is 0 Å². The summed E-state index contributed by atoms with van der Waals surface area (Å²) in [5.41, 5.74) is 0.863. The minimum Gasteiger partial charge on any atom is -0.377 e. The highest BCUT2D eigenvalue weighted by molar-refractivity contribution is 5.95. The molecule has 2 aliphatic heterocycles. The molecule has 27 heavy (non-hydrogen) atoms. The van der Waals surface area contributed by atoms with Crippen LogP contribution in [0.1, 0.15) is 24.3 Å². The van der Waals surface area contributed by atoms with Crippen LogP contribution in [0.4, 0.5) is 0 Å². The molecule has 2 fully saturated rings. The zero-order chi connectivity index (χ0) is 18.9. The number of fused-ring (bicyclic) bond motifs is 1. The second-order valence-electron chi connectivity index (χ2n) is 7.76. The van der Waals surface area contributed by atoms with E-state index in [4.69, 9.17) is 9.47 Å². The lowest BCUT2D eigenvalue weighted by Gasteiger charge is -2.44. The molecule has 144 valence electrons. The van der Waals surface area contributed by atoms with Crippen LogP contribution in [-0.4, -0.2) is 78.3 Å². The Kier molecular flexibility index (Phi) is 5.12. The van der Waals surface area contributed by atoms with Crippen molar-refractivity contribution in [1.29, 1.82) is 0 Å². The van der Waals surface area contributed by atoms with Crippen molar-refractivity contribution in [3.63, 3.8) is 0 Å². The van der Waals surface area contributed by atoms with E-state index in [1.165, 1.54) is 0 Å². The van der Waals surface area contributed by atoms with Crippen LogP contribution in [-0.2, 0) is 9.47 Å². The molecule has 2 aromatic rings.